The van der Waals surface area contributed by atoms with Crippen molar-refractivity contribution >= 4 is 35.1 Å². The zero-order valence-electron chi connectivity index (χ0n) is 13.6. The number of aliphatic carboxylic acids is 2. The molecule has 0 saturated carbocycles. The zero-order valence-corrected chi connectivity index (χ0v) is 15.2. The van der Waals surface area contributed by atoms with Crippen LogP contribution < -0.4 is 0 Å². The summed E-state index contributed by atoms with van der Waals surface area (Å²) in [4.78, 5) is 25.6. The second-order valence-electron chi connectivity index (χ2n) is 5.82. The first-order valence-corrected chi connectivity index (χ1v) is 7.88. The number of carboxylic acid groups (broad SMARTS) is 2. The number of hydrogen-bond donors (Lipinski definition) is 2. The summed E-state index contributed by atoms with van der Waals surface area (Å²) in [5.41, 5.74) is -0.292. The second kappa shape index (κ2) is 6.15. The van der Waals surface area contributed by atoms with Crippen molar-refractivity contribution in [1.29, 1.82) is 0 Å². The molecule has 0 aromatic heterocycles. The zero-order chi connectivity index (χ0) is 18.4. The Morgan fingerprint density at radius 2 is 1.50 bits per heavy atom. The third kappa shape index (κ3) is 2.48. The third-order valence-corrected chi connectivity index (χ3v) is 5.47. The van der Waals surface area contributed by atoms with E-state index in [-0.39, 0.29) is 21.2 Å². The maximum absolute atomic E-state index is 12.0. The quantitative estimate of drug-likeness (QED) is 0.844. The molecule has 0 atom stereocenters. The van der Waals surface area contributed by atoms with E-state index in [1.165, 1.54) is 0 Å². The van der Waals surface area contributed by atoms with E-state index in [1.807, 2.05) is 0 Å². The number of nitrogens with zero attached hydrogens (tertiary/aromatic N) is 1. The fraction of sp³-hybridized carbons (Fsp3) is 0.294. The fourth-order valence-corrected chi connectivity index (χ4v) is 3.82. The molecule has 1 heterocycles. The summed E-state index contributed by atoms with van der Waals surface area (Å²) in [6.07, 6.45) is 0. The van der Waals surface area contributed by atoms with Gasteiger partial charge in [0.05, 0.1) is 26.6 Å². The van der Waals surface area contributed by atoms with Crippen LogP contribution in [0.4, 0.5) is 0 Å². The van der Waals surface area contributed by atoms with Gasteiger partial charge in [0.25, 0.3) is 0 Å². The van der Waals surface area contributed by atoms with Gasteiger partial charge in [0.1, 0.15) is 0 Å². The van der Waals surface area contributed by atoms with Gasteiger partial charge in [-0.3, -0.25) is 0 Å². The Balaban J connectivity index is 2.99. The van der Waals surface area contributed by atoms with Gasteiger partial charge in [0.15, 0.2) is 0 Å². The number of carboxylic acids is 2. The van der Waals surface area contributed by atoms with Crippen molar-refractivity contribution in [1.82, 2.24) is 4.90 Å². The molecule has 24 heavy (non-hydrogen) atoms. The summed E-state index contributed by atoms with van der Waals surface area (Å²) in [6.45, 7) is 4.84. The summed E-state index contributed by atoms with van der Waals surface area (Å²) >= 11 is 12.4. The van der Waals surface area contributed by atoms with E-state index >= 15 is 0 Å². The lowest BCUT2D eigenvalue weighted by Gasteiger charge is -2.42. The molecule has 7 heteroatoms. The lowest BCUT2D eigenvalue weighted by atomic mass is 9.67. The second-order valence-corrected chi connectivity index (χ2v) is 6.60. The summed E-state index contributed by atoms with van der Waals surface area (Å²) in [5.74, 6) is -2.41. The van der Waals surface area contributed by atoms with Crippen LogP contribution in [0, 0.1) is 0 Å². The van der Waals surface area contributed by atoms with Crippen LogP contribution >= 0.6 is 23.2 Å². The van der Waals surface area contributed by atoms with E-state index in [9.17, 15) is 19.8 Å². The van der Waals surface area contributed by atoms with Crippen LogP contribution in [0.5, 0.6) is 0 Å². The van der Waals surface area contributed by atoms with Crippen molar-refractivity contribution in [2.45, 2.75) is 26.2 Å². The van der Waals surface area contributed by atoms with Gasteiger partial charge in [-0.05, 0) is 32.4 Å². The van der Waals surface area contributed by atoms with Crippen LogP contribution in [-0.4, -0.2) is 34.1 Å². The number of benzene rings is 1. The molecule has 0 bridgehead atoms. The average molecular weight is 370 g/mol. The Bertz CT molecular complexity index is 773. The molecule has 0 radical (unpaired) electrons. The fourth-order valence-electron chi connectivity index (χ4n) is 3.33. The van der Waals surface area contributed by atoms with Crippen LogP contribution in [0.25, 0.3) is 0 Å². The highest BCUT2D eigenvalue weighted by molar-refractivity contribution is 6.42. The van der Waals surface area contributed by atoms with Gasteiger partial charge in [-0.1, -0.05) is 35.3 Å². The van der Waals surface area contributed by atoms with Crippen LogP contribution in [0.1, 0.15) is 26.3 Å². The predicted octanol–water partition coefficient (Wildman–Crippen LogP) is 3.91. The molecule has 0 spiro atoms. The SMILES string of the molecule is CC1=C(C(=O)O)C(C)(c2cccc(Cl)c2Cl)C(C(=O)O)=C(C)N1C. The van der Waals surface area contributed by atoms with Crippen molar-refractivity contribution in [2.24, 2.45) is 0 Å². The van der Waals surface area contributed by atoms with Crippen molar-refractivity contribution in [2.75, 3.05) is 7.05 Å². The number of hydrogen-bond acceptors (Lipinski definition) is 3. The van der Waals surface area contributed by atoms with Crippen molar-refractivity contribution in [3.05, 3.63) is 56.3 Å². The van der Waals surface area contributed by atoms with E-state index in [0.29, 0.717) is 17.0 Å². The highest BCUT2D eigenvalue weighted by Crippen LogP contribution is 2.49. The third-order valence-electron chi connectivity index (χ3n) is 4.65. The Kier molecular flexibility index (Phi) is 4.70. The molecule has 0 fully saturated rings. The van der Waals surface area contributed by atoms with Gasteiger partial charge in [-0.15, -0.1) is 0 Å². The topological polar surface area (TPSA) is 77.8 Å². The monoisotopic (exact) mass is 369 g/mol. The van der Waals surface area contributed by atoms with Gasteiger partial charge in [0.2, 0.25) is 0 Å². The molecule has 0 amide bonds. The van der Waals surface area contributed by atoms with E-state index < -0.39 is 17.4 Å². The van der Waals surface area contributed by atoms with E-state index in [1.54, 1.807) is 50.9 Å². The van der Waals surface area contributed by atoms with Crippen LogP contribution in [-0.2, 0) is 15.0 Å². The highest BCUT2D eigenvalue weighted by atomic mass is 35.5. The van der Waals surface area contributed by atoms with Crippen molar-refractivity contribution < 1.29 is 19.8 Å². The summed E-state index contributed by atoms with van der Waals surface area (Å²) < 4.78 is 0. The maximum Gasteiger partial charge on any atom is 0.334 e. The maximum atomic E-state index is 12.0. The normalized spacial score (nSPS) is 17.3. The lowest BCUT2D eigenvalue weighted by molar-refractivity contribution is -0.134. The van der Waals surface area contributed by atoms with Crippen LogP contribution in [0.3, 0.4) is 0 Å². The highest BCUT2D eigenvalue weighted by Gasteiger charge is 2.49. The molecule has 2 rings (SSSR count). The van der Waals surface area contributed by atoms with E-state index in [2.05, 4.69) is 0 Å². The number of rotatable bonds is 3. The molecule has 5 nitrogen and oxygen atoms in total. The molecule has 0 aliphatic carbocycles. The van der Waals surface area contributed by atoms with Gasteiger partial charge < -0.3 is 15.1 Å². The van der Waals surface area contributed by atoms with Crippen LogP contribution in [0.15, 0.2) is 40.7 Å². The van der Waals surface area contributed by atoms with Gasteiger partial charge in [-0.25, -0.2) is 9.59 Å². The molecule has 1 aliphatic heterocycles. The smallest absolute Gasteiger partial charge is 0.334 e. The Morgan fingerprint density at radius 1 is 1.04 bits per heavy atom. The minimum Gasteiger partial charge on any atom is -0.478 e. The van der Waals surface area contributed by atoms with Gasteiger partial charge in [-0.2, -0.15) is 0 Å². The minimum atomic E-state index is -1.44. The Labute approximate surface area is 149 Å². The molecule has 0 unspecified atom stereocenters. The molecule has 128 valence electrons. The predicted molar refractivity (Wildman–Crippen MR) is 92.2 cm³/mol. The lowest BCUT2D eigenvalue weighted by Crippen LogP contribution is -2.43. The molecular formula is C17H17Cl2NO4. The molecule has 1 aliphatic rings. The summed E-state index contributed by atoms with van der Waals surface area (Å²) in [5, 5.41) is 20.0. The number of halogens is 2. The number of allylic oxidation sites excluding steroid dienone is 2. The molecule has 0 saturated heterocycles. The number of carbonyl (C=O) groups is 2. The molecule has 1 aromatic carbocycles. The summed E-state index contributed by atoms with van der Waals surface area (Å²) in [6, 6.07) is 4.79. The molecule has 2 N–H and O–H groups in total. The van der Waals surface area contributed by atoms with Crippen molar-refractivity contribution in [3.8, 4) is 0 Å². The van der Waals surface area contributed by atoms with Gasteiger partial charge in [0, 0.05) is 18.4 Å². The Morgan fingerprint density at radius 3 is 1.92 bits per heavy atom. The largest absolute Gasteiger partial charge is 0.478 e. The minimum absolute atomic E-state index is 0.0443. The summed E-state index contributed by atoms with van der Waals surface area (Å²) in [7, 11) is 1.63. The van der Waals surface area contributed by atoms with Crippen molar-refractivity contribution in [3.63, 3.8) is 0 Å². The standard InChI is InChI=1S/C17H17Cl2NO4/c1-8-12(15(21)22)17(3,10-6-5-7-11(18)14(10)19)13(16(23)24)9(2)20(8)4/h5-7H,1-4H3,(H,21,22)(H,23,24). The average Bonchev–Trinajstić information content (AvgIpc) is 2.47. The molecule has 1 aromatic rings. The first-order chi connectivity index (χ1) is 11.0. The van der Waals surface area contributed by atoms with Crippen LogP contribution in [0.2, 0.25) is 10.0 Å². The first kappa shape index (κ1) is 18.4. The molecular weight excluding hydrogens is 353 g/mol. The van der Waals surface area contributed by atoms with E-state index in [0.717, 1.165) is 0 Å². The van der Waals surface area contributed by atoms with E-state index in [4.69, 9.17) is 23.2 Å². The Hall–Kier alpha value is -1.98. The first-order valence-electron chi connectivity index (χ1n) is 7.12. The van der Waals surface area contributed by atoms with Gasteiger partial charge >= 0.3 is 11.9 Å².